The molecule has 2 heterocycles. The molecule has 1 aromatic carbocycles. The Hall–Kier alpha value is -1.52. The summed E-state index contributed by atoms with van der Waals surface area (Å²) in [5.41, 5.74) is 1.90. The summed E-state index contributed by atoms with van der Waals surface area (Å²) < 4.78 is 13.7. The van der Waals surface area contributed by atoms with Crippen LogP contribution in [0.3, 0.4) is 0 Å². The minimum absolute atomic E-state index is 0.178. The van der Waals surface area contributed by atoms with E-state index in [0.717, 1.165) is 36.1 Å². The van der Waals surface area contributed by atoms with Crippen LogP contribution in [-0.4, -0.2) is 36.1 Å². The monoisotopic (exact) mass is 273 g/mol. The molecule has 1 unspecified atom stereocenters. The highest BCUT2D eigenvalue weighted by molar-refractivity contribution is 5.81. The molecule has 3 rings (SSSR count). The number of hydrogen-bond acceptors (Lipinski definition) is 3. The average molecular weight is 273 g/mol. The van der Waals surface area contributed by atoms with E-state index in [4.69, 9.17) is 0 Å². The van der Waals surface area contributed by atoms with Crippen LogP contribution in [0.1, 0.15) is 18.4 Å². The van der Waals surface area contributed by atoms with Gasteiger partial charge >= 0.3 is 0 Å². The molecule has 0 spiro atoms. The molecule has 1 aliphatic heterocycles. The van der Waals surface area contributed by atoms with Crippen molar-refractivity contribution in [2.45, 2.75) is 25.4 Å². The highest BCUT2D eigenvalue weighted by Crippen LogP contribution is 2.21. The number of likely N-dealkylation sites (tertiary alicyclic amines) is 1. The molecule has 1 fully saturated rings. The van der Waals surface area contributed by atoms with Gasteiger partial charge in [0.15, 0.2) is 0 Å². The third-order valence-corrected chi connectivity index (χ3v) is 4.06. The molecule has 0 saturated carbocycles. The summed E-state index contributed by atoms with van der Waals surface area (Å²) in [6, 6.07) is 7.48. The van der Waals surface area contributed by atoms with Crippen LogP contribution in [0, 0.1) is 5.82 Å². The highest BCUT2D eigenvalue weighted by Gasteiger charge is 2.19. The Kier molecular flexibility index (Phi) is 3.94. The van der Waals surface area contributed by atoms with Gasteiger partial charge in [0.1, 0.15) is 5.82 Å². The lowest BCUT2D eigenvalue weighted by molar-refractivity contribution is 0.188. The van der Waals surface area contributed by atoms with E-state index < -0.39 is 0 Å². The number of likely N-dealkylation sites (N-methyl/N-ethyl adjacent to an activating group) is 1. The Balaban J connectivity index is 1.86. The van der Waals surface area contributed by atoms with E-state index in [1.165, 1.54) is 12.8 Å². The third kappa shape index (κ3) is 2.81. The molecule has 2 aromatic rings. The van der Waals surface area contributed by atoms with Gasteiger partial charge in [-0.1, -0.05) is 6.07 Å². The lowest BCUT2D eigenvalue weighted by Gasteiger charge is -2.32. The molecular weight excluding hydrogens is 253 g/mol. The SMILES string of the molecule is CNC1CCCN(Cc2cc(F)cc3cccnc23)C1. The summed E-state index contributed by atoms with van der Waals surface area (Å²) in [5.74, 6) is -0.178. The summed E-state index contributed by atoms with van der Waals surface area (Å²) in [6.45, 7) is 2.85. The van der Waals surface area contributed by atoms with E-state index in [-0.39, 0.29) is 5.82 Å². The Morgan fingerprint density at radius 2 is 2.35 bits per heavy atom. The maximum absolute atomic E-state index is 13.7. The molecule has 3 nitrogen and oxygen atoms in total. The second-order valence-electron chi connectivity index (χ2n) is 5.50. The van der Waals surface area contributed by atoms with Crippen molar-refractivity contribution in [2.24, 2.45) is 0 Å². The number of pyridine rings is 1. The van der Waals surface area contributed by atoms with Crippen LogP contribution in [0.25, 0.3) is 10.9 Å². The predicted octanol–water partition coefficient (Wildman–Crippen LogP) is 2.56. The van der Waals surface area contributed by atoms with Crippen molar-refractivity contribution in [1.82, 2.24) is 15.2 Å². The zero-order chi connectivity index (χ0) is 13.9. The first-order chi connectivity index (χ1) is 9.76. The minimum Gasteiger partial charge on any atom is -0.316 e. The van der Waals surface area contributed by atoms with Gasteiger partial charge in [-0.2, -0.15) is 0 Å². The lowest BCUT2D eigenvalue weighted by Crippen LogP contribution is -2.43. The Bertz CT molecular complexity index is 599. The summed E-state index contributed by atoms with van der Waals surface area (Å²) in [4.78, 5) is 6.80. The van der Waals surface area contributed by atoms with E-state index >= 15 is 0 Å². The van der Waals surface area contributed by atoms with E-state index in [2.05, 4.69) is 15.2 Å². The van der Waals surface area contributed by atoms with Crippen molar-refractivity contribution in [1.29, 1.82) is 0 Å². The number of halogens is 1. The highest BCUT2D eigenvalue weighted by atomic mass is 19.1. The van der Waals surface area contributed by atoms with E-state index in [1.807, 2.05) is 19.2 Å². The van der Waals surface area contributed by atoms with Gasteiger partial charge in [0.05, 0.1) is 5.52 Å². The number of nitrogens with one attached hydrogen (secondary N) is 1. The summed E-state index contributed by atoms with van der Waals surface area (Å²) in [5, 5.41) is 4.22. The van der Waals surface area contributed by atoms with Crippen LogP contribution in [0.5, 0.6) is 0 Å². The fourth-order valence-electron chi connectivity index (χ4n) is 3.02. The standard InChI is InChI=1S/C16H20FN3/c1-18-15-5-3-7-20(11-15)10-13-9-14(17)8-12-4-2-6-19-16(12)13/h2,4,6,8-9,15,18H,3,5,7,10-11H2,1H3. The van der Waals surface area contributed by atoms with Crippen molar-refractivity contribution < 1.29 is 4.39 Å². The topological polar surface area (TPSA) is 28.2 Å². The average Bonchev–Trinajstić information content (AvgIpc) is 2.47. The molecule has 0 amide bonds. The van der Waals surface area contributed by atoms with Gasteiger partial charge in [-0.05, 0) is 50.2 Å². The maximum Gasteiger partial charge on any atom is 0.124 e. The number of aromatic nitrogens is 1. The second-order valence-corrected chi connectivity index (χ2v) is 5.50. The van der Waals surface area contributed by atoms with Crippen molar-refractivity contribution in [3.8, 4) is 0 Å². The first kappa shape index (κ1) is 13.5. The summed E-state index contributed by atoms with van der Waals surface area (Å²) >= 11 is 0. The van der Waals surface area contributed by atoms with Gasteiger partial charge in [0.2, 0.25) is 0 Å². The van der Waals surface area contributed by atoms with Crippen LogP contribution >= 0.6 is 0 Å². The zero-order valence-corrected chi connectivity index (χ0v) is 11.8. The smallest absolute Gasteiger partial charge is 0.124 e. The maximum atomic E-state index is 13.7. The van der Waals surface area contributed by atoms with Gasteiger partial charge in [-0.25, -0.2) is 4.39 Å². The van der Waals surface area contributed by atoms with Gasteiger partial charge in [-0.3, -0.25) is 9.88 Å². The molecule has 1 saturated heterocycles. The van der Waals surface area contributed by atoms with Crippen LogP contribution < -0.4 is 5.32 Å². The molecule has 4 heteroatoms. The van der Waals surface area contributed by atoms with E-state index in [0.29, 0.717) is 6.04 Å². The number of fused-ring (bicyclic) bond motifs is 1. The number of benzene rings is 1. The second kappa shape index (κ2) is 5.85. The van der Waals surface area contributed by atoms with Crippen LogP contribution in [0.15, 0.2) is 30.5 Å². The lowest BCUT2D eigenvalue weighted by atomic mass is 10.0. The number of hydrogen-bond donors (Lipinski definition) is 1. The normalized spacial score (nSPS) is 20.4. The third-order valence-electron chi connectivity index (χ3n) is 4.06. The van der Waals surface area contributed by atoms with Crippen LogP contribution in [0.2, 0.25) is 0 Å². The van der Waals surface area contributed by atoms with Gasteiger partial charge < -0.3 is 5.32 Å². The molecular formula is C16H20FN3. The quantitative estimate of drug-likeness (QED) is 0.931. The summed E-state index contributed by atoms with van der Waals surface area (Å²) in [6.07, 6.45) is 4.18. The van der Waals surface area contributed by atoms with Crippen molar-refractivity contribution in [2.75, 3.05) is 20.1 Å². The fraction of sp³-hybridized carbons (Fsp3) is 0.438. The predicted molar refractivity (Wildman–Crippen MR) is 79.1 cm³/mol. The van der Waals surface area contributed by atoms with Crippen LogP contribution in [-0.2, 0) is 6.54 Å². The fourth-order valence-corrected chi connectivity index (χ4v) is 3.02. The van der Waals surface area contributed by atoms with Crippen LogP contribution in [0.4, 0.5) is 4.39 Å². The van der Waals surface area contributed by atoms with Crippen molar-refractivity contribution in [3.63, 3.8) is 0 Å². The zero-order valence-electron chi connectivity index (χ0n) is 11.8. The first-order valence-corrected chi connectivity index (χ1v) is 7.19. The molecule has 1 N–H and O–H groups in total. The first-order valence-electron chi connectivity index (χ1n) is 7.19. The molecule has 0 aliphatic carbocycles. The number of rotatable bonds is 3. The molecule has 20 heavy (non-hydrogen) atoms. The minimum atomic E-state index is -0.178. The molecule has 0 radical (unpaired) electrons. The van der Waals surface area contributed by atoms with Gasteiger partial charge in [0.25, 0.3) is 0 Å². The molecule has 1 aromatic heterocycles. The van der Waals surface area contributed by atoms with E-state index in [1.54, 1.807) is 18.3 Å². The summed E-state index contributed by atoms with van der Waals surface area (Å²) in [7, 11) is 2.01. The molecule has 106 valence electrons. The van der Waals surface area contributed by atoms with Gasteiger partial charge in [0, 0.05) is 30.7 Å². The Morgan fingerprint density at radius 3 is 3.20 bits per heavy atom. The molecule has 1 aliphatic rings. The number of piperidine rings is 1. The molecule has 1 atom stereocenters. The molecule has 0 bridgehead atoms. The van der Waals surface area contributed by atoms with Crippen molar-refractivity contribution >= 4 is 10.9 Å². The van der Waals surface area contributed by atoms with Gasteiger partial charge in [-0.15, -0.1) is 0 Å². The number of nitrogens with zero attached hydrogens (tertiary/aromatic N) is 2. The Labute approximate surface area is 118 Å². The van der Waals surface area contributed by atoms with Crippen molar-refractivity contribution in [3.05, 3.63) is 41.8 Å². The largest absolute Gasteiger partial charge is 0.316 e. The Morgan fingerprint density at radius 1 is 1.45 bits per heavy atom. The van der Waals surface area contributed by atoms with E-state index in [9.17, 15) is 4.39 Å².